The Morgan fingerprint density at radius 3 is 2.85 bits per heavy atom. The second kappa shape index (κ2) is 7.73. The van der Waals surface area contributed by atoms with E-state index in [2.05, 4.69) is 21.9 Å². The van der Waals surface area contributed by atoms with Crippen LogP contribution in [0.15, 0.2) is 0 Å². The Morgan fingerprint density at radius 2 is 2.05 bits per heavy atom. The maximum Gasteiger partial charge on any atom is 0.211 e. The van der Waals surface area contributed by atoms with Gasteiger partial charge in [-0.2, -0.15) is 0 Å². The highest BCUT2D eigenvalue weighted by atomic mass is 32.2. The van der Waals surface area contributed by atoms with Crippen LogP contribution in [0.3, 0.4) is 0 Å². The Kier molecular flexibility index (Phi) is 6.26. The van der Waals surface area contributed by atoms with Gasteiger partial charge in [-0.05, 0) is 64.7 Å². The molecule has 2 rings (SSSR count). The van der Waals surface area contributed by atoms with Gasteiger partial charge in [0.25, 0.3) is 0 Å². The predicted octanol–water partition coefficient (Wildman–Crippen LogP) is 0.922. The van der Waals surface area contributed by atoms with Crippen LogP contribution >= 0.6 is 0 Å². The average molecular weight is 303 g/mol. The van der Waals surface area contributed by atoms with E-state index in [1.165, 1.54) is 19.4 Å². The second-order valence-electron chi connectivity index (χ2n) is 6.05. The molecule has 2 fully saturated rings. The molecule has 0 bridgehead atoms. The molecule has 0 radical (unpaired) electrons. The molecule has 20 heavy (non-hydrogen) atoms. The van der Waals surface area contributed by atoms with Crippen molar-refractivity contribution in [1.82, 2.24) is 14.9 Å². The first kappa shape index (κ1) is 16.2. The molecular formula is C14H29N3O2S. The average Bonchev–Trinajstić information content (AvgIpc) is 2.85. The minimum absolute atomic E-state index is 0.160. The summed E-state index contributed by atoms with van der Waals surface area (Å²) in [6.07, 6.45) is 6.14. The third-order valence-electron chi connectivity index (χ3n) is 4.43. The van der Waals surface area contributed by atoms with Crippen molar-refractivity contribution in [2.75, 3.05) is 31.9 Å². The fraction of sp³-hybridized carbons (Fsp3) is 1.00. The topological polar surface area (TPSA) is 61.4 Å². The van der Waals surface area contributed by atoms with Crippen molar-refractivity contribution in [3.63, 3.8) is 0 Å². The number of nitrogens with zero attached hydrogens (tertiary/aromatic N) is 1. The van der Waals surface area contributed by atoms with E-state index in [1.807, 2.05) is 0 Å². The molecule has 0 aromatic rings. The van der Waals surface area contributed by atoms with Gasteiger partial charge >= 0.3 is 0 Å². The molecule has 5 nitrogen and oxygen atoms in total. The van der Waals surface area contributed by atoms with E-state index in [1.54, 1.807) is 0 Å². The first-order chi connectivity index (χ1) is 9.61. The minimum Gasteiger partial charge on any atom is -0.317 e. The summed E-state index contributed by atoms with van der Waals surface area (Å²) < 4.78 is 27.1. The number of piperidine rings is 1. The maximum atomic E-state index is 12.1. The lowest BCUT2D eigenvalue weighted by Crippen LogP contribution is -2.47. The molecule has 2 atom stereocenters. The molecule has 2 saturated heterocycles. The Morgan fingerprint density at radius 1 is 1.20 bits per heavy atom. The first-order valence-electron chi connectivity index (χ1n) is 8.05. The molecule has 2 heterocycles. The standard InChI is InChI=1S/C14H29N3O2S/c1-2-15-8-3-4-11-20(18,19)16-13-7-10-17-9-5-6-14(17)12-13/h13-16H,2-12H2,1H3. The summed E-state index contributed by atoms with van der Waals surface area (Å²) in [5, 5.41) is 3.22. The van der Waals surface area contributed by atoms with Crippen molar-refractivity contribution >= 4 is 10.0 Å². The molecule has 118 valence electrons. The largest absolute Gasteiger partial charge is 0.317 e. The zero-order chi connectivity index (χ0) is 14.4. The van der Waals surface area contributed by atoms with Crippen LogP contribution in [0.1, 0.15) is 45.4 Å². The lowest BCUT2D eigenvalue weighted by Gasteiger charge is -2.34. The second-order valence-corrected chi connectivity index (χ2v) is 7.92. The quantitative estimate of drug-likeness (QED) is 0.655. The van der Waals surface area contributed by atoms with E-state index in [9.17, 15) is 8.42 Å². The van der Waals surface area contributed by atoms with Crippen LogP contribution in [0.2, 0.25) is 0 Å². The number of nitrogens with one attached hydrogen (secondary N) is 2. The number of rotatable bonds is 8. The van der Waals surface area contributed by atoms with E-state index in [0.717, 1.165) is 45.3 Å². The molecule has 2 aliphatic rings. The summed E-state index contributed by atoms with van der Waals surface area (Å²) in [4.78, 5) is 2.52. The van der Waals surface area contributed by atoms with E-state index in [0.29, 0.717) is 6.04 Å². The molecule has 6 heteroatoms. The van der Waals surface area contributed by atoms with Gasteiger partial charge in [-0.1, -0.05) is 6.92 Å². The van der Waals surface area contributed by atoms with Crippen molar-refractivity contribution in [1.29, 1.82) is 0 Å². The number of hydrogen-bond acceptors (Lipinski definition) is 4. The zero-order valence-electron chi connectivity index (χ0n) is 12.6. The fourth-order valence-corrected chi connectivity index (χ4v) is 4.79. The lowest BCUT2D eigenvalue weighted by atomic mass is 9.99. The highest BCUT2D eigenvalue weighted by molar-refractivity contribution is 7.89. The van der Waals surface area contributed by atoms with Crippen LogP contribution < -0.4 is 10.0 Å². The van der Waals surface area contributed by atoms with E-state index in [-0.39, 0.29) is 11.8 Å². The fourth-order valence-electron chi connectivity index (χ4n) is 3.36. The van der Waals surface area contributed by atoms with Gasteiger partial charge in [-0.15, -0.1) is 0 Å². The smallest absolute Gasteiger partial charge is 0.211 e. The molecule has 0 saturated carbocycles. The Hall–Kier alpha value is -0.170. The minimum atomic E-state index is -3.09. The summed E-state index contributed by atoms with van der Waals surface area (Å²) in [7, 11) is -3.09. The molecule has 2 N–H and O–H groups in total. The molecule has 0 spiro atoms. The summed E-state index contributed by atoms with van der Waals surface area (Å²) in [5.74, 6) is 0.267. The van der Waals surface area contributed by atoms with Gasteiger partial charge in [0.1, 0.15) is 0 Å². The first-order valence-corrected chi connectivity index (χ1v) is 9.70. The van der Waals surface area contributed by atoms with E-state index in [4.69, 9.17) is 0 Å². The molecule has 2 aliphatic heterocycles. The van der Waals surface area contributed by atoms with Gasteiger partial charge in [-0.25, -0.2) is 13.1 Å². The molecule has 0 aliphatic carbocycles. The zero-order valence-corrected chi connectivity index (χ0v) is 13.4. The van der Waals surface area contributed by atoms with Gasteiger partial charge in [-0.3, -0.25) is 0 Å². The normalized spacial score (nSPS) is 27.6. The van der Waals surface area contributed by atoms with Crippen molar-refractivity contribution in [3.05, 3.63) is 0 Å². The molecule has 0 amide bonds. The monoisotopic (exact) mass is 303 g/mol. The van der Waals surface area contributed by atoms with Crippen LogP contribution in [0.5, 0.6) is 0 Å². The summed E-state index contributed by atoms with van der Waals surface area (Å²) in [6.45, 7) is 6.18. The van der Waals surface area contributed by atoms with Crippen LogP contribution in [-0.2, 0) is 10.0 Å². The predicted molar refractivity (Wildman–Crippen MR) is 82.3 cm³/mol. The van der Waals surface area contributed by atoms with Crippen molar-refractivity contribution in [2.45, 2.75) is 57.5 Å². The van der Waals surface area contributed by atoms with Crippen molar-refractivity contribution < 1.29 is 8.42 Å². The molecule has 2 unspecified atom stereocenters. The Bertz CT molecular complexity index is 386. The molecule has 0 aromatic carbocycles. The van der Waals surface area contributed by atoms with Crippen LogP contribution in [0.4, 0.5) is 0 Å². The Balaban J connectivity index is 1.68. The maximum absolute atomic E-state index is 12.1. The Labute approximate surface area is 123 Å². The number of hydrogen-bond donors (Lipinski definition) is 2. The van der Waals surface area contributed by atoms with Gasteiger partial charge in [0.05, 0.1) is 5.75 Å². The number of unbranched alkanes of at least 4 members (excludes halogenated alkanes) is 1. The molecular weight excluding hydrogens is 274 g/mol. The van der Waals surface area contributed by atoms with Gasteiger partial charge in [0.2, 0.25) is 10.0 Å². The third kappa shape index (κ3) is 4.98. The number of fused-ring (bicyclic) bond motifs is 1. The highest BCUT2D eigenvalue weighted by Gasteiger charge is 2.33. The lowest BCUT2D eigenvalue weighted by molar-refractivity contribution is 0.176. The summed E-state index contributed by atoms with van der Waals surface area (Å²) in [6, 6.07) is 0.776. The highest BCUT2D eigenvalue weighted by Crippen LogP contribution is 2.27. The number of sulfonamides is 1. The van der Waals surface area contributed by atoms with Crippen LogP contribution in [0, 0.1) is 0 Å². The van der Waals surface area contributed by atoms with Crippen molar-refractivity contribution in [2.24, 2.45) is 0 Å². The van der Waals surface area contributed by atoms with E-state index >= 15 is 0 Å². The summed E-state index contributed by atoms with van der Waals surface area (Å²) in [5.41, 5.74) is 0. The van der Waals surface area contributed by atoms with Crippen LogP contribution in [-0.4, -0.2) is 57.3 Å². The van der Waals surface area contributed by atoms with E-state index < -0.39 is 10.0 Å². The van der Waals surface area contributed by atoms with Crippen molar-refractivity contribution in [3.8, 4) is 0 Å². The summed E-state index contributed by atoms with van der Waals surface area (Å²) >= 11 is 0. The van der Waals surface area contributed by atoms with Gasteiger partial charge in [0, 0.05) is 12.1 Å². The van der Waals surface area contributed by atoms with Gasteiger partial charge in [0.15, 0.2) is 0 Å². The third-order valence-corrected chi connectivity index (χ3v) is 5.95. The van der Waals surface area contributed by atoms with Gasteiger partial charge < -0.3 is 10.2 Å². The van der Waals surface area contributed by atoms with Crippen LogP contribution in [0.25, 0.3) is 0 Å². The molecule has 0 aromatic heterocycles. The SMILES string of the molecule is CCNCCCCS(=O)(=O)NC1CCN2CCCC2C1.